The summed E-state index contributed by atoms with van der Waals surface area (Å²) in [6.07, 6.45) is 5.41. The Kier molecular flexibility index (Phi) is 4.20. The van der Waals surface area contributed by atoms with E-state index in [2.05, 4.69) is 50.0 Å². The average molecular weight is 299 g/mol. The normalized spacial score (nSPS) is 19.7. The lowest BCUT2D eigenvalue weighted by atomic mass is 10.2. The molecule has 0 amide bonds. The molecular formula is C12H19BrN4. The van der Waals surface area contributed by atoms with Crippen molar-refractivity contribution in [1.82, 2.24) is 9.97 Å². The summed E-state index contributed by atoms with van der Waals surface area (Å²) in [6.45, 7) is 6.39. The van der Waals surface area contributed by atoms with E-state index in [0.717, 1.165) is 35.7 Å². The van der Waals surface area contributed by atoms with Crippen molar-refractivity contribution in [3.8, 4) is 0 Å². The zero-order chi connectivity index (χ0) is 12.3. The molecule has 1 aliphatic rings. The first-order chi connectivity index (χ1) is 8.22. The molecule has 1 unspecified atom stereocenters. The van der Waals surface area contributed by atoms with Crippen LogP contribution in [0, 0.1) is 0 Å². The molecule has 1 aliphatic heterocycles. The van der Waals surface area contributed by atoms with E-state index in [1.54, 1.807) is 0 Å². The molecule has 1 aromatic rings. The van der Waals surface area contributed by atoms with Crippen molar-refractivity contribution < 1.29 is 0 Å². The van der Waals surface area contributed by atoms with Crippen molar-refractivity contribution in [2.75, 3.05) is 23.3 Å². The van der Waals surface area contributed by atoms with Crippen LogP contribution in [0.25, 0.3) is 0 Å². The first kappa shape index (κ1) is 12.6. The largest absolute Gasteiger partial charge is 0.354 e. The van der Waals surface area contributed by atoms with Crippen LogP contribution in [0.5, 0.6) is 0 Å². The van der Waals surface area contributed by atoms with Crippen LogP contribution >= 0.6 is 15.9 Å². The van der Waals surface area contributed by atoms with Gasteiger partial charge in [-0.05, 0) is 42.1 Å². The van der Waals surface area contributed by atoms with E-state index in [9.17, 15) is 0 Å². The highest BCUT2D eigenvalue weighted by Gasteiger charge is 2.23. The van der Waals surface area contributed by atoms with Crippen LogP contribution in [0.4, 0.5) is 11.8 Å². The summed E-state index contributed by atoms with van der Waals surface area (Å²) < 4.78 is 0.980. The van der Waals surface area contributed by atoms with E-state index >= 15 is 0 Å². The van der Waals surface area contributed by atoms with Crippen molar-refractivity contribution in [3.63, 3.8) is 0 Å². The van der Waals surface area contributed by atoms with E-state index in [-0.39, 0.29) is 0 Å². The minimum atomic E-state index is 0.570. The van der Waals surface area contributed by atoms with Crippen LogP contribution in [0.2, 0.25) is 0 Å². The van der Waals surface area contributed by atoms with Gasteiger partial charge in [0.05, 0.1) is 4.47 Å². The molecule has 0 radical (unpaired) electrons. The van der Waals surface area contributed by atoms with Gasteiger partial charge in [-0.25, -0.2) is 4.98 Å². The molecule has 0 bridgehead atoms. The number of nitrogens with zero attached hydrogens (tertiary/aromatic N) is 3. The van der Waals surface area contributed by atoms with Gasteiger partial charge in [0, 0.05) is 25.3 Å². The Morgan fingerprint density at radius 3 is 3.06 bits per heavy atom. The molecule has 1 atom stereocenters. The summed E-state index contributed by atoms with van der Waals surface area (Å²) in [6, 6.07) is 0.570. The molecular weight excluding hydrogens is 280 g/mol. The van der Waals surface area contributed by atoms with Gasteiger partial charge >= 0.3 is 0 Å². The number of anilines is 2. The monoisotopic (exact) mass is 298 g/mol. The van der Waals surface area contributed by atoms with Gasteiger partial charge in [-0.15, -0.1) is 0 Å². The molecule has 0 saturated carbocycles. The highest BCUT2D eigenvalue weighted by atomic mass is 79.9. The number of hydrogen-bond donors (Lipinski definition) is 1. The van der Waals surface area contributed by atoms with Crippen LogP contribution < -0.4 is 10.2 Å². The van der Waals surface area contributed by atoms with Crippen molar-refractivity contribution in [3.05, 3.63) is 10.7 Å². The summed E-state index contributed by atoms with van der Waals surface area (Å²) >= 11 is 3.54. The summed E-state index contributed by atoms with van der Waals surface area (Å²) in [7, 11) is 0. The smallest absolute Gasteiger partial charge is 0.224 e. The van der Waals surface area contributed by atoms with Gasteiger partial charge in [-0.2, -0.15) is 4.98 Å². The maximum Gasteiger partial charge on any atom is 0.224 e. The molecule has 1 aromatic heterocycles. The van der Waals surface area contributed by atoms with Crippen molar-refractivity contribution in [2.45, 2.75) is 39.2 Å². The Labute approximate surface area is 111 Å². The lowest BCUT2D eigenvalue weighted by molar-refractivity contribution is 0.724. The van der Waals surface area contributed by atoms with E-state index < -0.39 is 0 Å². The highest BCUT2D eigenvalue weighted by molar-refractivity contribution is 9.10. The van der Waals surface area contributed by atoms with Crippen LogP contribution in [0.15, 0.2) is 10.7 Å². The lowest BCUT2D eigenvalue weighted by Gasteiger charge is -2.23. The molecule has 1 fully saturated rings. The van der Waals surface area contributed by atoms with Gasteiger partial charge in [-0.3, -0.25) is 0 Å². The molecule has 0 aliphatic carbocycles. The molecule has 17 heavy (non-hydrogen) atoms. The number of hydrogen-bond acceptors (Lipinski definition) is 4. The molecule has 0 spiro atoms. The number of halogens is 1. The molecule has 5 heteroatoms. The summed E-state index contributed by atoms with van der Waals surface area (Å²) in [5.74, 6) is 1.74. The average Bonchev–Trinajstić information content (AvgIpc) is 2.74. The summed E-state index contributed by atoms with van der Waals surface area (Å²) in [5.41, 5.74) is 0. The van der Waals surface area contributed by atoms with E-state index in [0.29, 0.717) is 6.04 Å². The Hall–Kier alpha value is -0.840. The maximum absolute atomic E-state index is 4.60. The van der Waals surface area contributed by atoms with Crippen molar-refractivity contribution in [2.24, 2.45) is 0 Å². The molecule has 2 heterocycles. The quantitative estimate of drug-likeness (QED) is 0.928. The maximum atomic E-state index is 4.60. The fourth-order valence-electron chi connectivity index (χ4n) is 2.13. The zero-order valence-electron chi connectivity index (χ0n) is 10.4. The Bertz CT molecular complexity index is 383. The fraction of sp³-hybridized carbons (Fsp3) is 0.667. The molecule has 1 N–H and O–H groups in total. The first-order valence-corrected chi connectivity index (χ1v) is 7.04. The molecule has 4 nitrogen and oxygen atoms in total. The standard InChI is InChI=1S/C12H19BrN4/c1-3-6-14-12-15-8-10(13)11(16-12)17-7-4-5-9(17)2/h8-9H,3-7H2,1-2H3,(H,14,15,16). The molecule has 1 saturated heterocycles. The van der Waals surface area contributed by atoms with Crippen LogP contribution in [-0.2, 0) is 0 Å². The summed E-state index contributed by atoms with van der Waals surface area (Å²) in [5, 5.41) is 3.23. The zero-order valence-corrected chi connectivity index (χ0v) is 12.0. The topological polar surface area (TPSA) is 41.1 Å². The van der Waals surface area contributed by atoms with Crippen LogP contribution in [0.1, 0.15) is 33.1 Å². The molecule has 2 rings (SSSR count). The fourth-order valence-corrected chi connectivity index (χ4v) is 2.55. The van der Waals surface area contributed by atoms with Crippen LogP contribution in [-0.4, -0.2) is 29.1 Å². The minimum absolute atomic E-state index is 0.570. The Morgan fingerprint density at radius 1 is 1.59 bits per heavy atom. The van der Waals surface area contributed by atoms with Gasteiger partial charge < -0.3 is 10.2 Å². The molecule has 94 valence electrons. The van der Waals surface area contributed by atoms with E-state index in [1.807, 2.05) is 6.20 Å². The highest BCUT2D eigenvalue weighted by Crippen LogP contribution is 2.30. The van der Waals surface area contributed by atoms with Gasteiger partial charge in [0.15, 0.2) is 0 Å². The second-order valence-electron chi connectivity index (χ2n) is 4.48. The predicted octanol–water partition coefficient (Wildman–Crippen LogP) is 3.05. The lowest BCUT2D eigenvalue weighted by Crippen LogP contribution is -2.28. The Balaban J connectivity index is 2.19. The third kappa shape index (κ3) is 2.89. The van der Waals surface area contributed by atoms with E-state index in [4.69, 9.17) is 0 Å². The van der Waals surface area contributed by atoms with Gasteiger partial charge in [0.1, 0.15) is 5.82 Å². The molecule has 0 aromatic carbocycles. The number of aromatic nitrogens is 2. The first-order valence-electron chi connectivity index (χ1n) is 6.25. The Morgan fingerprint density at radius 2 is 2.41 bits per heavy atom. The van der Waals surface area contributed by atoms with E-state index in [1.165, 1.54) is 12.8 Å². The van der Waals surface area contributed by atoms with Gasteiger partial charge in [-0.1, -0.05) is 6.92 Å². The second kappa shape index (κ2) is 5.67. The summed E-state index contributed by atoms with van der Waals surface area (Å²) in [4.78, 5) is 11.2. The van der Waals surface area contributed by atoms with Gasteiger partial charge in [0.25, 0.3) is 0 Å². The third-order valence-corrected chi connectivity index (χ3v) is 3.64. The van der Waals surface area contributed by atoms with Crippen LogP contribution in [0.3, 0.4) is 0 Å². The number of nitrogens with one attached hydrogen (secondary N) is 1. The van der Waals surface area contributed by atoms with Gasteiger partial charge in [0.2, 0.25) is 5.95 Å². The van der Waals surface area contributed by atoms with Crippen molar-refractivity contribution in [1.29, 1.82) is 0 Å². The number of rotatable bonds is 4. The van der Waals surface area contributed by atoms with Crippen molar-refractivity contribution >= 4 is 27.7 Å². The predicted molar refractivity (Wildman–Crippen MR) is 74.6 cm³/mol. The third-order valence-electron chi connectivity index (χ3n) is 3.08. The second-order valence-corrected chi connectivity index (χ2v) is 5.33. The SMILES string of the molecule is CCCNc1ncc(Br)c(N2CCCC2C)n1. The minimum Gasteiger partial charge on any atom is -0.354 e.